The molecule has 1 amide bonds. The number of nitriles is 1. The van der Waals surface area contributed by atoms with Gasteiger partial charge in [0.25, 0.3) is 0 Å². The molecular formula is C24H27FN6OS2. The molecule has 178 valence electrons. The van der Waals surface area contributed by atoms with Crippen LogP contribution in [0.2, 0.25) is 0 Å². The fraction of sp³-hybridized carbons (Fsp3) is 0.417. The average Bonchev–Trinajstić information content (AvgIpc) is 3.30. The highest BCUT2D eigenvalue weighted by Gasteiger charge is 2.23. The monoisotopic (exact) mass is 498 g/mol. The second-order valence-corrected chi connectivity index (χ2v) is 10.6. The van der Waals surface area contributed by atoms with Crippen LogP contribution < -0.4 is 5.32 Å². The van der Waals surface area contributed by atoms with Crippen LogP contribution in [0.3, 0.4) is 0 Å². The third kappa shape index (κ3) is 5.17. The second-order valence-electron chi connectivity index (χ2n) is 8.51. The fourth-order valence-corrected chi connectivity index (χ4v) is 5.97. The van der Waals surface area contributed by atoms with Crippen LogP contribution in [0.15, 0.2) is 29.4 Å². The summed E-state index contributed by atoms with van der Waals surface area (Å²) in [6.07, 6.45) is 5.23. The van der Waals surface area contributed by atoms with E-state index in [2.05, 4.69) is 21.6 Å². The van der Waals surface area contributed by atoms with E-state index >= 15 is 0 Å². The first-order valence-electron chi connectivity index (χ1n) is 11.2. The standard InChI is InChI=1S/C24H27FN6OS2/c1-15(30(2)3)22-28-29-24(31(22)17-11-9-16(25)10-12-17)33-14-21(32)27-23-19(13-26)18-7-5-4-6-8-20(18)34-23/h9-12,15H,4-8,14H2,1-3H3,(H,27,32)/t15-/m1/s1. The van der Waals surface area contributed by atoms with E-state index in [1.165, 1.54) is 46.5 Å². The summed E-state index contributed by atoms with van der Waals surface area (Å²) in [6, 6.07) is 8.39. The van der Waals surface area contributed by atoms with E-state index in [0.29, 0.717) is 21.5 Å². The molecule has 2 aromatic heterocycles. The minimum absolute atomic E-state index is 0.0413. The summed E-state index contributed by atoms with van der Waals surface area (Å²) >= 11 is 2.79. The molecule has 34 heavy (non-hydrogen) atoms. The first-order chi connectivity index (χ1) is 16.4. The van der Waals surface area contributed by atoms with E-state index in [1.54, 1.807) is 12.1 Å². The highest BCUT2D eigenvalue weighted by Crippen LogP contribution is 2.37. The van der Waals surface area contributed by atoms with Gasteiger partial charge >= 0.3 is 0 Å². The molecule has 2 heterocycles. The summed E-state index contributed by atoms with van der Waals surface area (Å²) in [7, 11) is 3.90. The Bertz CT molecular complexity index is 1210. The number of nitrogens with zero attached hydrogens (tertiary/aromatic N) is 5. The molecule has 1 atom stereocenters. The average molecular weight is 499 g/mol. The van der Waals surface area contributed by atoms with Crippen molar-refractivity contribution >= 4 is 34.0 Å². The number of nitrogens with one attached hydrogen (secondary N) is 1. The van der Waals surface area contributed by atoms with Gasteiger partial charge in [0.05, 0.1) is 17.4 Å². The Kier molecular flexibility index (Phi) is 7.66. The molecular weight excluding hydrogens is 471 g/mol. The zero-order chi connectivity index (χ0) is 24.2. The number of carbonyl (C=O) groups excluding carboxylic acids is 1. The number of halogens is 1. The van der Waals surface area contributed by atoms with Gasteiger partial charge in [-0.1, -0.05) is 18.2 Å². The number of hydrogen-bond donors (Lipinski definition) is 1. The molecule has 0 bridgehead atoms. The number of aromatic nitrogens is 3. The maximum absolute atomic E-state index is 13.5. The van der Waals surface area contributed by atoms with Gasteiger partial charge in [0.1, 0.15) is 16.9 Å². The molecule has 0 spiro atoms. The maximum Gasteiger partial charge on any atom is 0.235 e. The molecule has 0 unspecified atom stereocenters. The number of hydrogen-bond acceptors (Lipinski definition) is 7. The normalized spacial score (nSPS) is 14.4. The van der Waals surface area contributed by atoms with Gasteiger partial charge in [-0.25, -0.2) is 4.39 Å². The summed E-state index contributed by atoms with van der Waals surface area (Å²) in [6.45, 7) is 2.01. The lowest BCUT2D eigenvalue weighted by molar-refractivity contribution is -0.113. The number of aryl methyl sites for hydroxylation is 1. The largest absolute Gasteiger partial charge is 0.316 e. The third-order valence-electron chi connectivity index (χ3n) is 6.01. The predicted molar refractivity (Wildman–Crippen MR) is 133 cm³/mol. The van der Waals surface area contributed by atoms with Crippen LogP contribution in [0.1, 0.15) is 54.1 Å². The molecule has 0 fully saturated rings. The van der Waals surface area contributed by atoms with E-state index in [9.17, 15) is 14.4 Å². The number of thiophene rings is 1. The van der Waals surface area contributed by atoms with Gasteiger partial charge in [-0.05, 0) is 76.5 Å². The lowest BCUT2D eigenvalue weighted by Crippen LogP contribution is -2.21. The van der Waals surface area contributed by atoms with Crippen LogP contribution in [0.4, 0.5) is 9.39 Å². The van der Waals surface area contributed by atoms with Crippen LogP contribution in [-0.2, 0) is 17.6 Å². The van der Waals surface area contributed by atoms with Gasteiger partial charge in [0.15, 0.2) is 11.0 Å². The number of anilines is 1. The Morgan fingerprint density at radius 3 is 2.71 bits per heavy atom. The number of rotatable bonds is 7. The van der Waals surface area contributed by atoms with E-state index in [1.807, 2.05) is 30.5 Å². The second kappa shape index (κ2) is 10.7. The van der Waals surface area contributed by atoms with Crippen LogP contribution in [-0.4, -0.2) is 45.4 Å². The van der Waals surface area contributed by atoms with Crippen molar-refractivity contribution < 1.29 is 9.18 Å². The number of benzene rings is 1. The number of amides is 1. The Morgan fingerprint density at radius 2 is 2.00 bits per heavy atom. The van der Waals surface area contributed by atoms with Crippen molar-refractivity contribution in [2.24, 2.45) is 0 Å². The quantitative estimate of drug-likeness (QED) is 0.366. The van der Waals surface area contributed by atoms with E-state index in [-0.39, 0.29) is 23.5 Å². The number of thioether (sulfide) groups is 1. The summed E-state index contributed by atoms with van der Waals surface area (Å²) in [5.41, 5.74) is 2.44. The van der Waals surface area contributed by atoms with Crippen molar-refractivity contribution in [3.63, 3.8) is 0 Å². The zero-order valence-corrected chi connectivity index (χ0v) is 21.1. The molecule has 0 aliphatic heterocycles. The first-order valence-corrected chi connectivity index (χ1v) is 13.0. The van der Waals surface area contributed by atoms with Crippen molar-refractivity contribution in [1.82, 2.24) is 19.7 Å². The van der Waals surface area contributed by atoms with Gasteiger partial charge in [-0.15, -0.1) is 21.5 Å². The van der Waals surface area contributed by atoms with E-state index in [0.717, 1.165) is 36.9 Å². The summed E-state index contributed by atoms with van der Waals surface area (Å²) in [5, 5.41) is 22.5. The van der Waals surface area contributed by atoms with Crippen LogP contribution in [0.25, 0.3) is 5.69 Å². The number of fused-ring (bicyclic) bond motifs is 1. The minimum atomic E-state index is -0.324. The van der Waals surface area contributed by atoms with Crippen molar-refractivity contribution in [2.45, 2.75) is 50.2 Å². The molecule has 3 aromatic rings. The highest BCUT2D eigenvalue weighted by molar-refractivity contribution is 7.99. The molecule has 1 N–H and O–H groups in total. The van der Waals surface area contributed by atoms with Gasteiger partial charge in [-0.2, -0.15) is 5.26 Å². The molecule has 0 saturated heterocycles. The molecule has 0 saturated carbocycles. The predicted octanol–water partition coefficient (Wildman–Crippen LogP) is 4.96. The Labute approximate surface area is 207 Å². The third-order valence-corrected chi connectivity index (χ3v) is 8.15. The number of carbonyl (C=O) groups is 1. The summed E-state index contributed by atoms with van der Waals surface area (Å²) in [4.78, 5) is 16.1. The molecule has 1 aromatic carbocycles. The lowest BCUT2D eigenvalue weighted by Gasteiger charge is -2.20. The van der Waals surface area contributed by atoms with Crippen molar-refractivity contribution in [3.8, 4) is 11.8 Å². The van der Waals surface area contributed by atoms with Gasteiger partial charge in [0, 0.05) is 10.6 Å². The lowest BCUT2D eigenvalue weighted by atomic mass is 10.1. The topological polar surface area (TPSA) is 86.8 Å². The maximum atomic E-state index is 13.5. The fourth-order valence-electron chi connectivity index (χ4n) is 3.95. The Morgan fingerprint density at radius 1 is 1.26 bits per heavy atom. The van der Waals surface area contributed by atoms with Crippen LogP contribution in [0.5, 0.6) is 0 Å². The van der Waals surface area contributed by atoms with Crippen LogP contribution in [0, 0.1) is 17.1 Å². The molecule has 1 aliphatic rings. The Hall–Kier alpha value is -2.74. The first kappa shape index (κ1) is 24.4. The smallest absolute Gasteiger partial charge is 0.235 e. The van der Waals surface area contributed by atoms with Crippen molar-refractivity contribution in [2.75, 3.05) is 25.2 Å². The SMILES string of the molecule is C[C@H](c1nnc(SCC(=O)Nc2sc3c(c2C#N)CCCCC3)n1-c1ccc(F)cc1)N(C)C. The van der Waals surface area contributed by atoms with E-state index < -0.39 is 0 Å². The molecule has 4 rings (SSSR count). The molecule has 7 nitrogen and oxygen atoms in total. The van der Waals surface area contributed by atoms with Gasteiger partial charge in [-0.3, -0.25) is 14.3 Å². The Balaban J connectivity index is 1.53. The summed E-state index contributed by atoms with van der Waals surface area (Å²) in [5.74, 6) is 0.292. The van der Waals surface area contributed by atoms with E-state index in [4.69, 9.17) is 0 Å². The zero-order valence-electron chi connectivity index (χ0n) is 19.5. The molecule has 0 radical (unpaired) electrons. The van der Waals surface area contributed by atoms with Gasteiger partial charge in [0.2, 0.25) is 5.91 Å². The van der Waals surface area contributed by atoms with Crippen LogP contribution >= 0.6 is 23.1 Å². The van der Waals surface area contributed by atoms with Crippen molar-refractivity contribution in [3.05, 3.63) is 51.9 Å². The van der Waals surface area contributed by atoms with Gasteiger partial charge < -0.3 is 5.32 Å². The molecule has 1 aliphatic carbocycles. The highest BCUT2D eigenvalue weighted by atomic mass is 32.2. The summed E-state index contributed by atoms with van der Waals surface area (Å²) < 4.78 is 15.4. The molecule has 10 heteroatoms. The van der Waals surface area contributed by atoms with Crippen molar-refractivity contribution in [1.29, 1.82) is 5.26 Å². The minimum Gasteiger partial charge on any atom is -0.316 e.